The molecule has 21 heavy (non-hydrogen) atoms. The molecule has 122 valence electrons. The van der Waals surface area contributed by atoms with Crippen molar-refractivity contribution >= 4 is 18.3 Å². The van der Waals surface area contributed by atoms with Crippen LogP contribution in [0.25, 0.3) is 0 Å². The van der Waals surface area contributed by atoms with Crippen molar-refractivity contribution < 1.29 is 4.79 Å². The normalized spacial score (nSPS) is 34.0. The molecule has 1 aliphatic heterocycles. The number of carbonyl (C=O) groups excluding carboxylic acids is 1. The number of hydrogen-bond donors (Lipinski definition) is 2. The van der Waals surface area contributed by atoms with Crippen LogP contribution >= 0.6 is 12.4 Å². The number of amides is 1. The molecule has 0 aromatic heterocycles. The first kappa shape index (κ1) is 17.1. The molecule has 0 radical (unpaired) electrons. The lowest BCUT2D eigenvalue weighted by Gasteiger charge is -2.28. The maximum absolute atomic E-state index is 12.3. The minimum Gasteiger partial charge on any atom is -0.356 e. The number of nitrogens with one attached hydrogen (secondary N) is 2. The molecule has 0 aromatic carbocycles. The summed E-state index contributed by atoms with van der Waals surface area (Å²) in [6, 6.07) is 0. The minimum atomic E-state index is 0. The van der Waals surface area contributed by atoms with Gasteiger partial charge in [0.15, 0.2) is 0 Å². The highest BCUT2D eigenvalue weighted by molar-refractivity contribution is 5.85. The fourth-order valence-electron chi connectivity index (χ4n) is 4.52. The Bertz CT molecular complexity index is 355. The van der Waals surface area contributed by atoms with E-state index in [1.807, 2.05) is 0 Å². The number of rotatable bonds is 4. The van der Waals surface area contributed by atoms with Gasteiger partial charge in [0.25, 0.3) is 0 Å². The fraction of sp³-hybridized carbons (Fsp3) is 0.941. The van der Waals surface area contributed by atoms with Crippen LogP contribution in [-0.2, 0) is 4.79 Å². The van der Waals surface area contributed by atoms with Crippen LogP contribution in [0.3, 0.4) is 0 Å². The van der Waals surface area contributed by atoms with E-state index in [2.05, 4.69) is 17.6 Å². The molecule has 0 aromatic rings. The largest absolute Gasteiger partial charge is 0.356 e. The highest BCUT2D eigenvalue weighted by Crippen LogP contribution is 2.58. The molecule has 1 heterocycles. The SMILES string of the molecule is CC1CCCCC1CCNC(=O)C1CC12CCNCC2.Cl. The van der Waals surface area contributed by atoms with Gasteiger partial charge in [-0.3, -0.25) is 4.79 Å². The van der Waals surface area contributed by atoms with Crippen LogP contribution in [0.15, 0.2) is 0 Å². The van der Waals surface area contributed by atoms with Gasteiger partial charge in [0, 0.05) is 12.5 Å². The molecule has 1 saturated heterocycles. The summed E-state index contributed by atoms with van der Waals surface area (Å²) in [7, 11) is 0. The molecule has 3 nitrogen and oxygen atoms in total. The molecule has 3 aliphatic rings. The molecule has 4 heteroatoms. The van der Waals surface area contributed by atoms with E-state index in [1.54, 1.807) is 0 Å². The van der Waals surface area contributed by atoms with Crippen LogP contribution in [0, 0.1) is 23.2 Å². The van der Waals surface area contributed by atoms with Gasteiger partial charge in [0.1, 0.15) is 0 Å². The van der Waals surface area contributed by atoms with Crippen LogP contribution in [0.4, 0.5) is 0 Å². The van der Waals surface area contributed by atoms with Gasteiger partial charge < -0.3 is 10.6 Å². The number of halogens is 1. The summed E-state index contributed by atoms with van der Waals surface area (Å²) < 4.78 is 0. The molecule has 3 unspecified atom stereocenters. The summed E-state index contributed by atoms with van der Waals surface area (Å²) in [4.78, 5) is 12.3. The van der Waals surface area contributed by atoms with Crippen LogP contribution < -0.4 is 10.6 Å². The summed E-state index contributed by atoms with van der Waals surface area (Å²) >= 11 is 0. The Labute approximate surface area is 135 Å². The van der Waals surface area contributed by atoms with Crippen molar-refractivity contribution in [3.05, 3.63) is 0 Å². The second kappa shape index (κ2) is 7.32. The van der Waals surface area contributed by atoms with Crippen LogP contribution in [0.2, 0.25) is 0 Å². The van der Waals surface area contributed by atoms with Crippen LogP contribution in [0.1, 0.15) is 58.3 Å². The maximum atomic E-state index is 12.3. The zero-order valence-corrected chi connectivity index (χ0v) is 14.1. The number of piperidine rings is 1. The molecule has 2 N–H and O–H groups in total. The lowest BCUT2D eigenvalue weighted by molar-refractivity contribution is -0.123. The fourth-order valence-corrected chi connectivity index (χ4v) is 4.52. The van der Waals surface area contributed by atoms with Gasteiger partial charge in [0.2, 0.25) is 5.91 Å². The van der Waals surface area contributed by atoms with E-state index >= 15 is 0 Å². The molecular formula is C17H31ClN2O. The zero-order valence-electron chi connectivity index (χ0n) is 13.3. The predicted molar refractivity (Wildman–Crippen MR) is 88.6 cm³/mol. The Balaban J connectivity index is 0.00000161. The number of carbonyl (C=O) groups is 1. The molecule has 1 amide bonds. The topological polar surface area (TPSA) is 41.1 Å². The minimum absolute atomic E-state index is 0. The van der Waals surface area contributed by atoms with Gasteiger partial charge in [-0.2, -0.15) is 0 Å². The summed E-state index contributed by atoms with van der Waals surface area (Å²) in [5, 5.41) is 6.62. The Kier molecular flexibility index (Phi) is 5.96. The first-order valence-electron chi connectivity index (χ1n) is 8.70. The molecule has 2 aliphatic carbocycles. The summed E-state index contributed by atoms with van der Waals surface area (Å²) in [6.07, 6.45) is 10.3. The number of hydrogen-bond acceptors (Lipinski definition) is 2. The highest BCUT2D eigenvalue weighted by atomic mass is 35.5. The Morgan fingerprint density at radius 1 is 1.24 bits per heavy atom. The van der Waals surface area contributed by atoms with Crippen molar-refractivity contribution in [3.63, 3.8) is 0 Å². The average molecular weight is 315 g/mol. The van der Waals surface area contributed by atoms with Crippen LogP contribution in [-0.4, -0.2) is 25.5 Å². The molecule has 2 saturated carbocycles. The monoisotopic (exact) mass is 314 g/mol. The van der Waals surface area contributed by atoms with E-state index in [-0.39, 0.29) is 12.4 Å². The maximum Gasteiger partial charge on any atom is 0.223 e. The second-order valence-electron chi connectivity index (χ2n) is 7.47. The molecule has 3 fully saturated rings. The average Bonchev–Trinajstić information content (AvgIpc) is 3.15. The quantitative estimate of drug-likeness (QED) is 0.837. The van der Waals surface area contributed by atoms with E-state index in [0.717, 1.165) is 37.9 Å². The predicted octanol–water partition coefficient (Wildman–Crippen LogP) is 3.13. The van der Waals surface area contributed by atoms with Gasteiger partial charge >= 0.3 is 0 Å². The Hall–Kier alpha value is -0.280. The van der Waals surface area contributed by atoms with Gasteiger partial charge in [-0.1, -0.05) is 32.6 Å². The van der Waals surface area contributed by atoms with Crippen molar-refractivity contribution in [1.29, 1.82) is 0 Å². The Morgan fingerprint density at radius 2 is 1.95 bits per heavy atom. The van der Waals surface area contributed by atoms with Crippen molar-refractivity contribution in [2.75, 3.05) is 19.6 Å². The Morgan fingerprint density at radius 3 is 2.67 bits per heavy atom. The standard InChI is InChI=1S/C17H30N2O.ClH/c1-13-4-2-3-5-14(13)6-9-19-16(20)15-12-17(15)7-10-18-11-8-17;/h13-15,18H,2-12H2,1H3,(H,19,20);1H. The second-order valence-corrected chi connectivity index (χ2v) is 7.47. The molecular weight excluding hydrogens is 284 g/mol. The molecule has 3 atom stereocenters. The van der Waals surface area contributed by atoms with Crippen molar-refractivity contribution in [2.24, 2.45) is 23.2 Å². The molecule has 0 bridgehead atoms. The van der Waals surface area contributed by atoms with Gasteiger partial charge in [0.05, 0.1) is 0 Å². The first-order valence-corrected chi connectivity index (χ1v) is 8.70. The van der Waals surface area contributed by atoms with Gasteiger partial charge in [-0.15, -0.1) is 12.4 Å². The van der Waals surface area contributed by atoms with E-state index in [0.29, 0.717) is 17.2 Å². The molecule has 1 spiro atoms. The summed E-state index contributed by atoms with van der Waals surface area (Å²) in [5.41, 5.74) is 0.382. The third-order valence-electron chi connectivity index (χ3n) is 6.21. The van der Waals surface area contributed by atoms with Crippen molar-refractivity contribution in [2.45, 2.75) is 58.3 Å². The van der Waals surface area contributed by atoms with Gasteiger partial charge in [-0.05, 0) is 56.0 Å². The van der Waals surface area contributed by atoms with Gasteiger partial charge in [-0.25, -0.2) is 0 Å². The lowest BCUT2D eigenvalue weighted by Crippen LogP contribution is -2.34. The van der Waals surface area contributed by atoms with E-state index in [1.165, 1.54) is 44.9 Å². The zero-order chi connectivity index (χ0) is 14.0. The summed E-state index contributed by atoms with van der Waals surface area (Å²) in [5.74, 6) is 2.37. The molecule has 3 rings (SSSR count). The summed E-state index contributed by atoms with van der Waals surface area (Å²) in [6.45, 7) is 5.49. The van der Waals surface area contributed by atoms with Crippen LogP contribution in [0.5, 0.6) is 0 Å². The van der Waals surface area contributed by atoms with Crippen molar-refractivity contribution in [1.82, 2.24) is 10.6 Å². The third-order valence-corrected chi connectivity index (χ3v) is 6.21. The lowest BCUT2D eigenvalue weighted by atomic mass is 9.79. The smallest absolute Gasteiger partial charge is 0.223 e. The first-order chi connectivity index (χ1) is 9.71. The van der Waals surface area contributed by atoms with E-state index < -0.39 is 0 Å². The third kappa shape index (κ3) is 3.92. The van der Waals surface area contributed by atoms with Crippen molar-refractivity contribution in [3.8, 4) is 0 Å². The van der Waals surface area contributed by atoms with E-state index in [9.17, 15) is 4.79 Å². The van der Waals surface area contributed by atoms with E-state index in [4.69, 9.17) is 0 Å². The highest BCUT2D eigenvalue weighted by Gasteiger charge is 2.57.